The molecule has 0 atom stereocenters. The molecule has 1 saturated heterocycles. The van der Waals surface area contributed by atoms with E-state index in [-0.39, 0.29) is 10.8 Å². The van der Waals surface area contributed by atoms with E-state index in [0.29, 0.717) is 43.7 Å². The number of aryl methyl sites for hydroxylation is 1. The second kappa shape index (κ2) is 14.7. The Labute approximate surface area is 245 Å². The number of aromatic nitrogens is 4. The molecule has 0 unspecified atom stereocenters. The van der Waals surface area contributed by atoms with E-state index in [4.69, 9.17) is 4.98 Å². The average molecular weight is 634 g/mol. The molecule has 1 aliphatic rings. The molecule has 40 heavy (non-hydrogen) atoms. The number of pyridine rings is 1. The number of piperidine rings is 1. The van der Waals surface area contributed by atoms with Crippen LogP contribution in [0.1, 0.15) is 69.7 Å². The van der Waals surface area contributed by atoms with Gasteiger partial charge in [-0.15, -0.1) is 0 Å². The third-order valence-corrected chi connectivity index (χ3v) is 8.89. The Morgan fingerprint density at radius 2 is 1.80 bits per heavy atom. The van der Waals surface area contributed by atoms with Crippen molar-refractivity contribution in [3.05, 3.63) is 82.1 Å². The zero-order valence-corrected chi connectivity index (χ0v) is 26.1. The summed E-state index contributed by atoms with van der Waals surface area (Å²) in [5.74, 6) is 0.324. The molecule has 4 heterocycles. The quantitative estimate of drug-likeness (QED) is 0.247. The lowest BCUT2D eigenvalue weighted by Crippen LogP contribution is -2.38. The van der Waals surface area contributed by atoms with Gasteiger partial charge >= 0.3 is 0 Å². The third kappa shape index (κ3) is 7.44. The molecule has 0 bridgehead atoms. The lowest BCUT2D eigenvalue weighted by molar-refractivity contribution is 0.316. The number of benzene rings is 1. The van der Waals surface area contributed by atoms with Crippen LogP contribution in [0.3, 0.4) is 0 Å². The van der Waals surface area contributed by atoms with Gasteiger partial charge in [0, 0.05) is 49.7 Å². The normalized spacial score (nSPS) is 14.2. The van der Waals surface area contributed by atoms with Crippen molar-refractivity contribution in [2.45, 2.75) is 71.2 Å². The number of sulfonamides is 1. The molecule has 1 aliphatic heterocycles. The van der Waals surface area contributed by atoms with Crippen molar-refractivity contribution in [1.29, 1.82) is 0 Å². The molecular weight excluding hydrogens is 595 g/mol. The van der Waals surface area contributed by atoms with Gasteiger partial charge in [0.2, 0.25) is 10.0 Å². The molecule has 0 radical (unpaired) electrons. The molecule has 3 aromatic heterocycles. The summed E-state index contributed by atoms with van der Waals surface area (Å²) < 4.78 is 44.1. The minimum Gasteiger partial charge on any atom is -0.366 e. The molecule has 216 valence electrons. The van der Waals surface area contributed by atoms with Crippen LogP contribution in [-0.2, 0) is 16.6 Å². The zero-order chi connectivity index (χ0) is 29.3. The van der Waals surface area contributed by atoms with Gasteiger partial charge in [0.05, 0.1) is 15.6 Å². The Balaban J connectivity index is 0.000000827. The molecule has 1 N–H and O–H groups in total. The first kappa shape index (κ1) is 31.6. The molecule has 4 aromatic rings. The number of halogens is 2. The second-order valence-electron chi connectivity index (χ2n) is 9.30. The van der Waals surface area contributed by atoms with Crippen molar-refractivity contribution in [3.63, 3.8) is 0 Å². The summed E-state index contributed by atoms with van der Waals surface area (Å²) in [6.07, 6.45) is 7.73. The fraction of sp³-hybridized carbons (Fsp3) is 0.414. The molecule has 0 saturated carbocycles. The highest BCUT2D eigenvalue weighted by atomic mass is 79.9. The van der Waals surface area contributed by atoms with E-state index in [1.54, 1.807) is 23.8 Å². The predicted octanol–water partition coefficient (Wildman–Crippen LogP) is 6.96. The zero-order valence-electron chi connectivity index (χ0n) is 23.7. The van der Waals surface area contributed by atoms with Crippen LogP contribution in [0.2, 0.25) is 0 Å². The van der Waals surface area contributed by atoms with E-state index in [1.807, 2.05) is 38.2 Å². The van der Waals surface area contributed by atoms with Crippen LogP contribution in [-0.4, -0.2) is 45.4 Å². The van der Waals surface area contributed by atoms with Crippen molar-refractivity contribution >= 4 is 37.4 Å². The van der Waals surface area contributed by atoms with Crippen molar-refractivity contribution < 1.29 is 12.8 Å². The third-order valence-electron chi connectivity index (χ3n) is 6.29. The molecule has 8 nitrogen and oxygen atoms in total. The van der Waals surface area contributed by atoms with Gasteiger partial charge in [-0.05, 0) is 65.0 Å². The van der Waals surface area contributed by atoms with Crippen LogP contribution in [0.25, 0.3) is 5.65 Å². The van der Waals surface area contributed by atoms with E-state index in [2.05, 4.69) is 45.2 Å². The van der Waals surface area contributed by atoms with Gasteiger partial charge in [0.1, 0.15) is 11.6 Å². The van der Waals surface area contributed by atoms with E-state index in [1.165, 1.54) is 22.9 Å². The van der Waals surface area contributed by atoms with E-state index < -0.39 is 15.8 Å². The molecule has 1 aromatic carbocycles. The van der Waals surface area contributed by atoms with Crippen molar-refractivity contribution in [2.24, 2.45) is 0 Å². The van der Waals surface area contributed by atoms with Gasteiger partial charge in [-0.2, -0.15) is 13.9 Å². The molecule has 5 rings (SSSR count). The predicted molar refractivity (Wildman–Crippen MR) is 161 cm³/mol. The first-order valence-corrected chi connectivity index (χ1v) is 15.9. The summed E-state index contributed by atoms with van der Waals surface area (Å²) in [6.45, 7) is 11.2. The maximum Gasteiger partial charge on any atom is 0.243 e. The van der Waals surface area contributed by atoms with Crippen LogP contribution < -0.4 is 5.32 Å². The minimum absolute atomic E-state index is 0.0283. The fourth-order valence-corrected chi connectivity index (χ4v) is 6.42. The van der Waals surface area contributed by atoms with Gasteiger partial charge in [-0.25, -0.2) is 17.8 Å². The number of hydrogen-bond acceptors (Lipinski definition) is 6. The number of hydrogen-bond donors (Lipinski definition) is 1. The number of rotatable bonds is 6. The monoisotopic (exact) mass is 632 g/mol. The van der Waals surface area contributed by atoms with E-state index in [9.17, 15) is 12.8 Å². The van der Waals surface area contributed by atoms with Gasteiger partial charge in [0.15, 0.2) is 5.65 Å². The van der Waals surface area contributed by atoms with Gasteiger partial charge in [0.25, 0.3) is 0 Å². The maximum atomic E-state index is 13.8. The fourth-order valence-electron chi connectivity index (χ4n) is 4.37. The van der Waals surface area contributed by atoms with Crippen LogP contribution >= 0.6 is 15.9 Å². The van der Waals surface area contributed by atoms with Crippen LogP contribution in [0, 0.1) is 12.7 Å². The SMILES string of the molecule is CC.CCC.Cc1ccc(F)cc1S(=O)(=O)N1CCC(c2cc(NCc3cccnc3)n3ncc(Br)c3n2)CC1. The smallest absolute Gasteiger partial charge is 0.243 e. The summed E-state index contributed by atoms with van der Waals surface area (Å²) in [7, 11) is -3.77. The highest BCUT2D eigenvalue weighted by molar-refractivity contribution is 9.10. The summed E-state index contributed by atoms with van der Waals surface area (Å²) >= 11 is 3.53. The Hall–Kier alpha value is -2.89. The minimum atomic E-state index is -3.77. The number of anilines is 1. The summed E-state index contributed by atoms with van der Waals surface area (Å²) in [5, 5.41) is 7.84. The van der Waals surface area contributed by atoms with E-state index in [0.717, 1.165) is 27.6 Å². The standard InChI is InChI=1S/C24H24BrFN6O2S.C3H8.C2H6/c1-16-4-5-19(26)11-22(16)35(33,34)31-9-6-18(7-10-31)21-12-23(28-14-17-3-2-8-27-13-17)32-24(30-21)20(25)15-29-32;1-3-2;1-2/h2-5,8,11-13,15,18,28H,6-7,9-10,14H2,1H3;3H2,1-2H3;1-2H3. The molecular formula is C29H38BrFN6O2S. The van der Waals surface area contributed by atoms with Crippen LogP contribution in [0.5, 0.6) is 0 Å². The van der Waals surface area contributed by atoms with Crippen molar-refractivity contribution in [3.8, 4) is 0 Å². The van der Waals surface area contributed by atoms with Crippen LogP contribution in [0.15, 0.2) is 64.4 Å². The molecule has 1 fully saturated rings. The van der Waals surface area contributed by atoms with Crippen LogP contribution in [0.4, 0.5) is 10.2 Å². The first-order chi connectivity index (χ1) is 19.2. The molecule has 11 heteroatoms. The Bertz CT molecular complexity index is 1490. The number of nitrogens with one attached hydrogen (secondary N) is 1. The second-order valence-corrected chi connectivity index (χ2v) is 12.1. The topological polar surface area (TPSA) is 92.5 Å². The van der Waals surface area contributed by atoms with E-state index >= 15 is 0 Å². The Morgan fingerprint density at radius 3 is 2.45 bits per heavy atom. The maximum absolute atomic E-state index is 13.8. The molecule has 0 amide bonds. The molecule has 0 spiro atoms. The first-order valence-electron chi connectivity index (χ1n) is 13.7. The van der Waals surface area contributed by atoms with Gasteiger partial charge in [-0.1, -0.05) is 46.2 Å². The molecule has 0 aliphatic carbocycles. The number of fused-ring (bicyclic) bond motifs is 1. The summed E-state index contributed by atoms with van der Waals surface area (Å²) in [4.78, 5) is 9.01. The van der Waals surface area contributed by atoms with Crippen molar-refractivity contribution in [1.82, 2.24) is 23.9 Å². The summed E-state index contributed by atoms with van der Waals surface area (Å²) in [5.41, 5.74) is 3.15. The van der Waals surface area contributed by atoms with Crippen molar-refractivity contribution in [2.75, 3.05) is 18.4 Å². The average Bonchev–Trinajstić information content (AvgIpc) is 3.35. The number of nitrogens with zero attached hydrogens (tertiary/aromatic N) is 5. The lowest BCUT2D eigenvalue weighted by Gasteiger charge is -2.31. The van der Waals surface area contributed by atoms with Gasteiger partial charge in [-0.3, -0.25) is 4.98 Å². The Morgan fingerprint density at radius 1 is 1.10 bits per heavy atom. The Kier molecular flexibility index (Phi) is 11.6. The lowest BCUT2D eigenvalue weighted by atomic mass is 9.94. The highest BCUT2D eigenvalue weighted by Crippen LogP contribution is 2.33. The largest absolute Gasteiger partial charge is 0.366 e. The summed E-state index contributed by atoms with van der Waals surface area (Å²) in [6, 6.07) is 9.74. The highest BCUT2D eigenvalue weighted by Gasteiger charge is 2.32. The van der Waals surface area contributed by atoms with Gasteiger partial charge < -0.3 is 5.32 Å².